The number of hydrogen-bond donors (Lipinski definition) is 5. The third-order valence-corrected chi connectivity index (χ3v) is 10.5. The Bertz CT molecular complexity index is 1540. The zero-order valence-electron chi connectivity index (χ0n) is 31.8. The Morgan fingerprint density at radius 3 is 2.42 bits per heavy atom. The lowest BCUT2D eigenvalue weighted by Crippen LogP contribution is -2.77. The molecule has 9 unspecified atom stereocenters. The largest absolute Gasteiger partial charge is 0.458 e. The number of methoxy groups -OCH3 is 2. The number of cyclic esters (lactones) is 1. The lowest BCUT2D eigenvalue weighted by molar-refractivity contribution is -0.277. The molecule has 1 saturated carbocycles. The molecule has 9 atom stereocenters. The van der Waals surface area contributed by atoms with E-state index in [2.05, 4.69) is 15.6 Å². The van der Waals surface area contributed by atoms with E-state index in [1.165, 1.54) is 14.2 Å². The number of carbonyl (C=O) groups excluding carboxylic acids is 3. The summed E-state index contributed by atoms with van der Waals surface area (Å²) < 4.78 is 21.8. The first-order valence-corrected chi connectivity index (χ1v) is 17.6. The van der Waals surface area contributed by atoms with Gasteiger partial charge in [0.1, 0.15) is 17.5 Å². The zero-order chi connectivity index (χ0) is 38.9. The Hall–Kier alpha value is -3.72. The number of oxazole rings is 1. The number of allylic oxidation sites excluding steroid dienone is 7. The number of likely N-dealkylation sites (N-methyl/N-ethyl adjacent to an activating group) is 1. The van der Waals surface area contributed by atoms with E-state index < -0.39 is 64.7 Å². The van der Waals surface area contributed by atoms with Crippen LogP contribution in [0, 0.1) is 29.6 Å². The summed E-state index contributed by atoms with van der Waals surface area (Å²) in [5.41, 5.74) is -4.01. The lowest BCUT2D eigenvalue weighted by Gasteiger charge is -2.56. The SMILES string of the molecule is CNC1C(=O)C(C)C(O)(C(CC(C)C(O)/C=C/C=C/CNC(=O)C(C)(C)C(O)/C(C)=C/C=C/C=C/Cc2cnc(C)o2)OC)C12C(=O)OC2COC. The minimum absolute atomic E-state index is 0.00616. The second kappa shape index (κ2) is 18.4. The van der Waals surface area contributed by atoms with Crippen LogP contribution in [0.5, 0.6) is 0 Å². The Balaban J connectivity index is 1.54. The summed E-state index contributed by atoms with van der Waals surface area (Å²) in [4.78, 5) is 43.5. The molecule has 13 heteroatoms. The number of aliphatic hydroxyl groups is 3. The Labute approximate surface area is 306 Å². The molecule has 1 aromatic rings. The van der Waals surface area contributed by atoms with Gasteiger partial charge in [-0.05, 0) is 45.7 Å². The smallest absolute Gasteiger partial charge is 0.321 e. The van der Waals surface area contributed by atoms with Gasteiger partial charge in [-0.2, -0.15) is 0 Å². The van der Waals surface area contributed by atoms with Crippen LogP contribution in [-0.4, -0.2) is 108 Å². The van der Waals surface area contributed by atoms with Gasteiger partial charge in [0.25, 0.3) is 0 Å². The molecule has 1 amide bonds. The van der Waals surface area contributed by atoms with E-state index in [0.717, 1.165) is 5.76 Å². The molecule has 1 spiro atoms. The summed E-state index contributed by atoms with van der Waals surface area (Å²) >= 11 is 0. The predicted octanol–water partition coefficient (Wildman–Crippen LogP) is 2.70. The second-order valence-electron chi connectivity index (χ2n) is 14.2. The van der Waals surface area contributed by atoms with Crippen LogP contribution < -0.4 is 10.6 Å². The van der Waals surface area contributed by atoms with Crippen molar-refractivity contribution in [2.24, 2.45) is 22.7 Å². The van der Waals surface area contributed by atoms with Gasteiger partial charge in [0.05, 0.1) is 42.6 Å². The lowest BCUT2D eigenvalue weighted by atomic mass is 9.60. The molecule has 1 saturated heterocycles. The predicted molar refractivity (Wildman–Crippen MR) is 195 cm³/mol. The summed E-state index contributed by atoms with van der Waals surface area (Å²) in [6.07, 6.45) is 14.4. The maximum absolute atomic E-state index is 13.3. The van der Waals surface area contributed by atoms with Crippen LogP contribution in [0.1, 0.15) is 52.7 Å². The molecule has 1 aliphatic heterocycles. The third-order valence-electron chi connectivity index (χ3n) is 10.5. The number of rotatable bonds is 19. The van der Waals surface area contributed by atoms with Crippen molar-refractivity contribution in [2.45, 2.75) is 90.4 Å². The molecule has 0 bridgehead atoms. The number of Topliss-reactive ketones (excluding diaryl/α,β-unsaturated/α-hetero) is 1. The van der Waals surface area contributed by atoms with E-state index >= 15 is 0 Å². The average molecular weight is 728 g/mol. The molecular weight excluding hydrogens is 670 g/mol. The van der Waals surface area contributed by atoms with Crippen LogP contribution in [0.3, 0.4) is 0 Å². The van der Waals surface area contributed by atoms with Gasteiger partial charge in [-0.15, -0.1) is 0 Å². The maximum Gasteiger partial charge on any atom is 0.321 e. The summed E-state index contributed by atoms with van der Waals surface area (Å²) in [7, 11) is 4.41. The monoisotopic (exact) mass is 727 g/mol. The number of nitrogens with zero attached hydrogens (tertiary/aromatic N) is 1. The molecule has 5 N–H and O–H groups in total. The van der Waals surface area contributed by atoms with Crippen LogP contribution in [0.15, 0.2) is 70.9 Å². The van der Waals surface area contributed by atoms with Gasteiger partial charge in [-0.1, -0.05) is 68.5 Å². The van der Waals surface area contributed by atoms with Gasteiger partial charge < -0.3 is 44.6 Å². The topological polar surface area (TPSA) is 190 Å². The molecular formula is C39H57N3O10. The van der Waals surface area contributed by atoms with Gasteiger partial charge in [0.2, 0.25) is 5.91 Å². The molecule has 2 heterocycles. The van der Waals surface area contributed by atoms with Crippen molar-refractivity contribution in [1.29, 1.82) is 0 Å². The number of ether oxygens (including phenoxy) is 3. The number of carbonyl (C=O) groups is 3. The number of amides is 1. The van der Waals surface area contributed by atoms with Gasteiger partial charge in [0.15, 0.2) is 17.1 Å². The molecule has 1 aromatic heterocycles. The van der Waals surface area contributed by atoms with Crippen molar-refractivity contribution in [2.75, 3.05) is 34.4 Å². The van der Waals surface area contributed by atoms with Crippen molar-refractivity contribution < 1.29 is 48.3 Å². The number of aryl methyl sites for hydroxylation is 1. The summed E-state index contributed by atoms with van der Waals surface area (Å²) in [5, 5.41) is 39.9. The fourth-order valence-electron chi connectivity index (χ4n) is 7.28. The Morgan fingerprint density at radius 1 is 1.13 bits per heavy atom. The summed E-state index contributed by atoms with van der Waals surface area (Å²) in [5.74, 6) is -1.36. The van der Waals surface area contributed by atoms with Crippen LogP contribution in [0.25, 0.3) is 0 Å². The van der Waals surface area contributed by atoms with E-state index in [0.29, 0.717) is 17.9 Å². The number of aromatic nitrogens is 1. The minimum atomic E-state index is -1.93. The fraction of sp³-hybridized carbons (Fsp3) is 0.590. The van der Waals surface area contributed by atoms with Crippen molar-refractivity contribution in [1.82, 2.24) is 15.6 Å². The van der Waals surface area contributed by atoms with Crippen molar-refractivity contribution in [3.8, 4) is 0 Å². The fourth-order valence-corrected chi connectivity index (χ4v) is 7.28. The zero-order valence-corrected chi connectivity index (χ0v) is 31.8. The minimum Gasteiger partial charge on any atom is -0.458 e. The standard InChI is InChI=1S/C39H57N3O10/c1-24(17-13-10-11-14-18-28-22-42-27(4)51-28)34(45)37(5,6)35(46)41-20-16-12-15-19-29(43)25(2)21-30(50-9)39(48)26(3)32(44)33(40-7)38(39)31(23-49-8)52-36(38)47/h10-17,19,22,25-26,29-31,33-34,40,43,45,48H,18,20-21,23H2,1-9H3,(H,41,46)/b13-10+,14-11+,16-12+,19-15+,24-17+. The number of esters is 1. The maximum atomic E-state index is 13.3. The van der Waals surface area contributed by atoms with Crippen molar-refractivity contribution in [3.63, 3.8) is 0 Å². The highest BCUT2D eigenvalue weighted by Gasteiger charge is 2.82. The van der Waals surface area contributed by atoms with Crippen molar-refractivity contribution in [3.05, 3.63) is 78.1 Å². The van der Waals surface area contributed by atoms with E-state index in [-0.39, 0.29) is 31.3 Å². The van der Waals surface area contributed by atoms with E-state index in [1.807, 2.05) is 18.2 Å². The molecule has 0 radical (unpaired) electrons. The molecule has 52 heavy (non-hydrogen) atoms. The Morgan fingerprint density at radius 2 is 1.83 bits per heavy atom. The van der Waals surface area contributed by atoms with Crippen molar-refractivity contribution >= 4 is 17.7 Å². The highest BCUT2D eigenvalue weighted by Crippen LogP contribution is 2.59. The van der Waals surface area contributed by atoms with E-state index in [9.17, 15) is 29.7 Å². The summed E-state index contributed by atoms with van der Waals surface area (Å²) in [6, 6.07) is -0.997. The first-order chi connectivity index (χ1) is 24.5. The number of aliphatic hydroxyl groups excluding tert-OH is 2. The first-order valence-electron chi connectivity index (χ1n) is 17.6. The van der Waals surface area contributed by atoms with Gasteiger partial charge in [-0.25, -0.2) is 4.98 Å². The molecule has 1 aliphatic carbocycles. The number of ketones is 1. The van der Waals surface area contributed by atoms with Crippen LogP contribution in [0.2, 0.25) is 0 Å². The summed E-state index contributed by atoms with van der Waals surface area (Å²) in [6.45, 7) is 10.5. The molecule has 2 aliphatic rings. The highest BCUT2D eigenvalue weighted by atomic mass is 16.6. The third kappa shape index (κ3) is 8.56. The molecule has 0 aromatic carbocycles. The van der Waals surface area contributed by atoms with Gasteiger partial charge in [-0.3, -0.25) is 14.4 Å². The van der Waals surface area contributed by atoms with Gasteiger partial charge in [0, 0.05) is 40.0 Å². The van der Waals surface area contributed by atoms with Gasteiger partial charge >= 0.3 is 5.97 Å². The van der Waals surface area contributed by atoms with Crippen LogP contribution in [0.4, 0.5) is 0 Å². The Kier molecular flexibility index (Phi) is 15.1. The second-order valence-corrected chi connectivity index (χ2v) is 14.2. The van der Waals surface area contributed by atoms with E-state index in [4.69, 9.17) is 18.6 Å². The first kappa shape index (κ1) is 42.7. The number of nitrogens with one attached hydrogen (secondary N) is 2. The quantitative estimate of drug-likeness (QED) is 0.104. The van der Waals surface area contributed by atoms with Crippen LogP contribution >= 0.6 is 0 Å². The molecule has 288 valence electrons. The van der Waals surface area contributed by atoms with Crippen LogP contribution in [-0.2, 0) is 35.0 Å². The highest BCUT2D eigenvalue weighted by molar-refractivity contribution is 6.02. The normalized spacial score (nSPS) is 27.9. The molecule has 3 rings (SSSR count). The molecule has 2 fully saturated rings. The molecule has 13 nitrogen and oxygen atoms in total. The number of hydrogen-bond acceptors (Lipinski definition) is 12. The average Bonchev–Trinajstić information content (AvgIpc) is 3.61. The van der Waals surface area contributed by atoms with E-state index in [1.54, 1.807) is 91.2 Å².